The normalized spacial score (nSPS) is 20.8. The highest BCUT2D eigenvalue weighted by molar-refractivity contribution is 5.93. The lowest BCUT2D eigenvalue weighted by atomic mass is 9.99. The summed E-state index contributed by atoms with van der Waals surface area (Å²) in [6.07, 6.45) is 4.19. The van der Waals surface area contributed by atoms with Crippen molar-refractivity contribution in [1.29, 1.82) is 0 Å². The van der Waals surface area contributed by atoms with E-state index in [0.29, 0.717) is 24.7 Å². The third-order valence-corrected chi connectivity index (χ3v) is 5.70. The molecule has 2 aliphatic rings. The van der Waals surface area contributed by atoms with Crippen LogP contribution in [0.2, 0.25) is 0 Å². The van der Waals surface area contributed by atoms with Crippen LogP contribution in [0.3, 0.4) is 0 Å². The maximum Gasteiger partial charge on any atom is 0.339 e. The van der Waals surface area contributed by atoms with Gasteiger partial charge in [-0.1, -0.05) is 6.92 Å². The van der Waals surface area contributed by atoms with Gasteiger partial charge in [-0.2, -0.15) is 0 Å². The number of benzene rings is 1. The summed E-state index contributed by atoms with van der Waals surface area (Å²) in [7, 11) is 0. The van der Waals surface area contributed by atoms with Crippen LogP contribution in [-0.2, 0) is 9.53 Å². The molecule has 0 spiro atoms. The molecule has 1 amide bonds. The van der Waals surface area contributed by atoms with Gasteiger partial charge in [0.25, 0.3) is 11.6 Å². The van der Waals surface area contributed by atoms with Gasteiger partial charge in [0.2, 0.25) is 0 Å². The molecule has 3 rings (SSSR count). The molecule has 0 unspecified atom stereocenters. The van der Waals surface area contributed by atoms with Crippen molar-refractivity contribution in [2.75, 3.05) is 31.1 Å². The molecule has 0 aromatic heterocycles. The van der Waals surface area contributed by atoms with Crippen LogP contribution in [0.1, 0.15) is 56.3 Å². The van der Waals surface area contributed by atoms with Crippen molar-refractivity contribution >= 4 is 23.3 Å². The highest BCUT2D eigenvalue weighted by atomic mass is 16.6. The van der Waals surface area contributed by atoms with Gasteiger partial charge in [-0.25, -0.2) is 4.79 Å². The molecule has 2 heterocycles. The summed E-state index contributed by atoms with van der Waals surface area (Å²) in [5.41, 5.74) is 0.503. The maximum absolute atomic E-state index is 12.5. The maximum atomic E-state index is 12.5. The zero-order valence-corrected chi connectivity index (χ0v) is 17.1. The molecule has 0 aliphatic carbocycles. The largest absolute Gasteiger partial charge is 0.449 e. The zero-order chi connectivity index (χ0) is 21.0. The molecule has 1 aromatic carbocycles. The second-order valence-electron chi connectivity index (χ2n) is 8.09. The number of esters is 1. The van der Waals surface area contributed by atoms with E-state index in [4.69, 9.17) is 4.74 Å². The number of carbonyl (C=O) groups excluding carboxylic acids is 2. The lowest BCUT2D eigenvalue weighted by Gasteiger charge is -2.32. The van der Waals surface area contributed by atoms with Crippen molar-refractivity contribution in [3.8, 4) is 0 Å². The number of nitro benzene ring substituents is 1. The van der Waals surface area contributed by atoms with Gasteiger partial charge in [-0.05, 0) is 57.1 Å². The second-order valence-corrected chi connectivity index (χ2v) is 8.09. The Morgan fingerprint density at radius 2 is 1.90 bits per heavy atom. The fourth-order valence-corrected chi connectivity index (χ4v) is 4.12. The van der Waals surface area contributed by atoms with Crippen LogP contribution in [-0.4, -0.2) is 54.0 Å². The predicted molar refractivity (Wildman–Crippen MR) is 109 cm³/mol. The zero-order valence-electron chi connectivity index (χ0n) is 17.1. The molecule has 1 aromatic rings. The smallest absolute Gasteiger partial charge is 0.339 e. The fraction of sp³-hybridized carbons (Fsp3) is 0.619. The first kappa shape index (κ1) is 21.1. The van der Waals surface area contributed by atoms with Gasteiger partial charge >= 0.3 is 5.97 Å². The Hall–Kier alpha value is -2.64. The van der Waals surface area contributed by atoms with Crippen molar-refractivity contribution < 1.29 is 19.2 Å². The van der Waals surface area contributed by atoms with Gasteiger partial charge in [0.15, 0.2) is 6.10 Å². The van der Waals surface area contributed by atoms with E-state index in [2.05, 4.69) is 6.92 Å². The number of hydrogen-bond acceptors (Lipinski definition) is 6. The fourth-order valence-electron chi connectivity index (χ4n) is 4.12. The molecule has 2 atom stereocenters. The van der Waals surface area contributed by atoms with E-state index in [1.165, 1.54) is 6.07 Å². The third-order valence-electron chi connectivity index (χ3n) is 5.70. The first-order chi connectivity index (χ1) is 13.9. The van der Waals surface area contributed by atoms with Gasteiger partial charge < -0.3 is 14.5 Å². The number of likely N-dealkylation sites (tertiary alicyclic amines) is 1. The average molecular weight is 403 g/mol. The number of anilines is 1. The van der Waals surface area contributed by atoms with Crippen molar-refractivity contribution in [1.82, 2.24) is 4.90 Å². The Morgan fingerprint density at radius 1 is 1.17 bits per heavy atom. The minimum atomic E-state index is -0.915. The first-order valence-corrected chi connectivity index (χ1v) is 10.4. The molecule has 8 heteroatoms. The monoisotopic (exact) mass is 403 g/mol. The van der Waals surface area contributed by atoms with E-state index < -0.39 is 17.0 Å². The Kier molecular flexibility index (Phi) is 6.71. The molecular formula is C21H29N3O5. The molecule has 8 nitrogen and oxygen atoms in total. The Bertz CT molecular complexity index is 776. The number of hydrogen-bond donors (Lipinski definition) is 0. The Morgan fingerprint density at radius 3 is 2.55 bits per heavy atom. The van der Waals surface area contributed by atoms with E-state index in [9.17, 15) is 19.7 Å². The van der Waals surface area contributed by atoms with Gasteiger partial charge in [-0.15, -0.1) is 0 Å². The molecule has 2 fully saturated rings. The molecule has 0 saturated carbocycles. The molecule has 29 heavy (non-hydrogen) atoms. The van der Waals surface area contributed by atoms with Crippen molar-refractivity contribution in [2.45, 2.75) is 52.1 Å². The van der Waals surface area contributed by atoms with Crippen LogP contribution in [0.15, 0.2) is 18.2 Å². The summed E-state index contributed by atoms with van der Waals surface area (Å²) in [4.78, 5) is 39.9. The minimum Gasteiger partial charge on any atom is -0.449 e. The van der Waals surface area contributed by atoms with Gasteiger partial charge in [0.05, 0.1) is 10.5 Å². The van der Waals surface area contributed by atoms with Crippen molar-refractivity contribution in [3.05, 3.63) is 33.9 Å². The first-order valence-electron chi connectivity index (χ1n) is 10.4. The Balaban J connectivity index is 1.72. The Labute approximate surface area is 171 Å². The number of ether oxygens (including phenoxy) is 1. The number of piperidine rings is 2. The lowest BCUT2D eigenvalue weighted by Crippen LogP contribution is -2.42. The summed E-state index contributed by atoms with van der Waals surface area (Å²) in [6.45, 7) is 6.55. The molecule has 2 aliphatic heterocycles. The molecule has 0 N–H and O–H groups in total. The van der Waals surface area contributed by atoms with Crippen LogP contribution < -0.4 is 4.90 Å². The van der Waals surface area contributed by atoms with Crippen molar-refractivity contribution in [2.24, 2.45) is 5.92 Å². The van der Waals surface area contributed by atoms with Crippen LogP contribution in [0.5, 0.6) is 0 Å². The van der Waals surface area contributed by atoms with Crippen LogP contribution >= 0.6 is 0 Å². The summed E-state index contributed by atoms with van der Waals surface area (Å²) in [5.74, 6) is -0.467. The van der Waals surface area contributed by atoms with E-state index >= 15 is 0 Å². The number of nitrogens with zero attached hydrogens (tertiary/aromatic N) is 3. The molecular weight excluding hydrogens is 374 g/mol. The highest BCUT2D eigenvalue weighted by Gasteiger charge is 2.28. The molecule has 2 saturated heterocycles. The summed E-state index contributed by atoms with van der Waals surface area (Å²) in [5, 5.41) is 11.6. The highest BCUT2D eigenvalue weighted by Crippen LogP contribution is 2.32. The van der Waals surface area contributed by atoms with E-state index in [-0.39, 0.29) is 17.2 Å². The topological polar surface area (TPSA) is 93.0 Å². The van der Waals surface area contributed by atoms with Crippen molar-refractivity contribution in [3.63, 3.8) is 0 Å². The molecule has 0 bridgehead atoms. The number of nitro groups is 1. The summed E-state index contributed by atoms with van der Waals surface area (Å²) < 4.78 is 5.32. The predicted octanol–water partition coefficient (Wildman–Crippen LogP) is 3.39. The van der Waals surface area contributed by atoms with Gasteiger partial charge in [0, 0.05) is 32.2 Å². The summed E-state index contributed by atoms with van der Waals surface area (Å²) >= 11 is 0. The minimum absolute atomic E-state index is 0.0869. The van der Waals surface area contributed by atoms with Crippen LogP contribution in [0.25, 0.3) is 0 Å². The van der Waals surface area contributed by atoms with E-state index in [0.717, 1.165) is 45.2 Å². The number of rotatable bonds is 5. The van der Waals surface area contributed by atoms with E-state index in [1.54, 1.807) is 24.0 Å². The van der Waals surface area contributed by atoms with Crippen LogP contribution in [0.4, 0.5) is 11.4 Å². The standard InChI is InChI=1S/C21H29N3O5/c1-15-7-6-12-23(14-15)18-9-8-17(13-19(18)24(27)28)21(26)29-16(2)20(25)22-10-4-3-5-11-22/h8-9,13,15-16H,3-7,10-12,14H2,1-2H3/t15-,16-/m0/s1. The SMILES string of the molecule is C[C@H]1CCCN(c2ccc(C(=O)O[C@@H](C)C(=O)N3CCCCC3)cc2[N+](=O)[O-])C1. The third kappa shape index (κ3) is 5.05. The molecule has 158 valence electrons. The van der Waals surface area contributed by atoms with Gasteiger partial charge in [0.1, 0.15) is 5.69 Å². The average Bonchev–Trinajstić information content (AvgIpc) is 2.73. The van der Waals surface area contributed by atoms with Crippen LogP contribution in [0, 0.1) is 16.0 Å². The van der Waals surface area contributed by atoms with Gasteiger partial charge in [-0.3, -0.25) is 14.9 Å². The van der Waals surface area contributed by atoms with E-state index in [1.807, 2.05) is 4.90 Å². The quantitative estimate of drug-likeness (QED) is 0.425. The summed E-state index contributed by atoms with van der Waals surface area (Å²) in [6, 6.07) is 4.42. The lowest BCUT2D eigenvalue weighted by molar-refractivity contribution is -0.384. The number of carbonyl (C=O) groups is 2. The second kappa shape index (κ2) is 9.24. The molecule has 0 radical (unpaired) electrons. The number of amides is 1.